The number of benzene rings is 1. The summed E-state index contributed by atoms with van der Waals surface area (Å²) in [6.07, 6.45) is 3.29. The Bertz CT molecular complexity index is 812. The van der Waals surface area contributed by atoms with Crippen molar-refractivity contribution in [2.75, 3.05) is 19.8 Å². The molecule has 122 valence electrons. The molecule has 0 radical (unpaired) electrons. The smallest absolute Gasteiger partial charge is 0.293 e. The maximum atomic E-state index is 12.5. The molecule has 3 amide bonds. The number of imide groups is 1. The molecule has 1 aromatic rings. The van der Waals surface area contributed by atoms with E-state index >= 15 is 0 Å². The summed E-state index contributed by atoms with van der Waals surface area (Å²) >= 11 is 1.31. The zero-order chi connectivity index (χ0) is 17.3. The second-order valence-corrected chi connectivity index (χ2v) is 6.50. The molecule has 0 fully saturated rings. The molecule has 3 rings (SSSR count). The summed E-state index contributed by atoms with van der Waals surface area (Å²) in [7, 11) is 3.04. The van der Waals surface area contributed by atoms with Gasteiger partial charge in [-0.25, -0.2) is 4.79 Å². The maximum absolute atomic E-state index is 12.5. The van der Waals surface area contributed by atoms with Crippen molar-refractivity contribution < 1.29 is 19.0 Å². The summed E-state index contributed by atoms with van der Waals surface area (Å²) in [6, 6.07) is 8.61. The van der Waals surface area contributed by atoms with Crippen LogP contribution >= 0.6 is 11.8 Å². The van der Waals surface area contributed by atoms with E-state index in [9.17, 15) is 14.4 Å². The third-order valence-corrected chi connectivity index (χ3v) is 5.06. The standard InChI is InChI=1S/C17H16N3O3S/c1-19-15-14(16(22)20(2)17(19)23)13(8-9-18-15)24-10-12(21)11-6-4-3-5-7-11/h3-9,14H,10H2,1-2H3/q+1. The van der Waals surface area contributed by atoms with E-state index in [1.165, 1.54) is 23.4 Å². The number of nitrogens with zero attached hydrogens (tertiary/aromatic N) is 3. The Morgan fingerprint density at radius 2 is 2.00 bits per heavy atom. The van der Waals surface area contributed by atoms with Gasteiger partial charge in [-0.05, 0) is 6.08 Å². The number of carbonyl (C=O) groups excluding carboxylic acids is 3. The molecule has 6 nitrogen and oxygen atoms in total. The van der Waals surface area contributed by atoms with E-state index in [0.717, 1.165) is 9.81 Å². The number of fused-ring (bicyclic) bond motifs is 1. The number of aliphatic imine (C=N–C) groups is 1. The number of urea groups is 1. The normalized spacial score (nSPS) is 20.2. The number of allylic oxidation sites excluding steroid dienone is 1. The van der Waals surface area contributed by atoms with E-state index in [0.29, 0.717) is 11.4 Å². The van der Waals surface area contributed by atoms with Crippen LogP contribution in [0.4, 0.5) is 4.79 Å². The second kappa shape index (κ2) is 6.52. The first-order valence-electron chi connectivity index (χ1n) is 7.38. The van der Waals surface area contributed by atoms with Gasteiger partial charge in [0, 0.05) is 10.5 Å². The van der Waals surface area contributed by atoms with Crippen molar-refractivity contribution in [2.45, 2.75) is 0 Å². The number of ketones is 1. The molecule has 0 aliphatic carbocycles. The Hall–Kier alpha value is -2.54. The summed E-state index contributed by atoms with van der Waals surface area (Å²) in [5.41, 5.74) is 0.638. The third kappa shape index (κ3) is 2.82. The van der Waals surface area contributed by atoms with Crippen LogP contribution in [0.25, 0.3) is 0 Å². The predicted molar refractivity (Wildman–Crippen MR) is 92.7 cm³/mol. The molecule has 0 bridgehead atoms. The third-order valence-electron chi connectivity index (χ3n) is 3.95. The van der Waals surface area contributed by atoms with Crippen LogP contribution in [-0.2, 0) is 4.79 Å². The van der Waals surface area contributed by atoms with Gasteiger partial charge in [0.1, 0.15) is 6.21 Å². The van der Waals surface area contributed by atoms with Crippen LogP contribution in [0.15, 0.2) is 46.3 Å². The van der Waals surface area contributed by atoms with Crippen LogP contribution in [-0.4, -0.2) is 59.1 Å². The maximum Gasteiger partial charge on any atom is 0.445 e. The molecule has 0 saturated heterocycles. The Morgan fingerprint density at radius 3 is 2.71 bits per heavy atom. The number of carbonyl (C=O) groups is 3. The van der Waals surface area contributed by atoms with Crippen LogP contribution in [0.3, 0.4) is 0 Å². The van der Waals surface area contributed by atoms with Crippen LogP contribution in [0.5, 0.6) is 0 Å². The van der Waals surface area contributed by atoms with Gasteiger partial charge in [0.05, 0.1) is 19.8 Å². The van der Waals surface area contributed by atoms with Gasteiger partial charge in [-0.15, -0.1) is 16.8 Å². The van der Waals surface area contributed by atoms with Crippen LogP contribution in [0, 0.1) is 5.92 Å². The molecule has 2 heterocycles. The number of thioether (sulfide) groups is 1. The molecule has 1 atom stereocenters. The number of rotatable bonds is 4. The van der Waals surface area contributed by atoms with Gasteiger partial charge in [0.2, 0.25) is 0 Å². The molecule has 24 heavy (non-hydrogen) atoms. The highest BCUT2D eigenvalue weighted by Gasteiger charge is 2.47. The highest BCUT2D eigenvalue weighted by atomic mass is 32.2. The quantitative estimate of drug-likeness (QED) is 0.618. The molecule has 1 aromatic carbocycles. The Kier molecular flexibility index (Phi) is 4.44. The predicted octanol–water partition coefficient (Wildman–Crippen LogP) is 1.82. The van der Waals surface area contributed by atoms with Gasteiger partial charge < -0.3 is 0 Å². The SMILES string of the molecule is CN1C(=O)C2C(SCC(=O)c3ccccc3)=CC=NC2=[N+](C)C1=O. The number of hydrogen-bond acceptors (Lipinski definition) is 5. The summed E-state index contributed by atoms with van der Waals surface area (Å²) < 4.78 is 1.37. The van der Waals surface area contributed by atoms with Gasteiger partial charge in [0.25, 0.3) is 5.84 Å². The molecule has 0 spiro atoms. The lowest BCUT2D eigenvalue weighted by Crippen LogP contribution is -2.52. The monoisotopic (exact) mass is 342 g/mol. The van der Waals surface area contributed by atoms with Crippen molar-refractivity contribution in [3.63, 3.8) is 0 Å². The van der Waals surface area contributed by atoms with Crippen molar-refractivity contribution in [1.29, 1.82) is 0 Å². The average molecular weight is 342 g/mol. The Balaban J connectivity index is 1.81. The van der Waals surface area contributed by atoms with E-state index in [4.69, 9.17) is 0 Å². The summed E-state index contributed by atoms with van der Waals surface area (Å²) in [4.78, 5) is 42.7. The lowest BCUT2D eigenvalue weighted by molar-refractivity contribution is -0.407. The number of dihydropyridines is 1. The number of amides is 3. The highest BCUT2D eigenvalue weighted by molar-refractivity contribution is 8.03. The lowest BCUT2D eigenvalue weighted by Gasteiger charge is -2.26. The van der Waals surface area contributed by atoms with Crippen LogP contribution in [0.1, 0.15) is 10.4 Å². The zero-order valence-corrected chi connectivity index (χ0v) is 14.1. The minimum absolute atomic E-state index is 0.00777. The van der Waals surface area contributed by atoms with E-state index in [1.807, 2.05) is 18.2 Å². The molecule has 0 N–H and O–H groups in total. The van der Waals surface area contributed by atoms with E-state index < -0.39 is 11.9 Å². The molecular weight excluding hydrogens is 326 g/mol. The number of amidine groups is 1. The summed E-state index contributed by atoms with van der Waals surface area (Å²) in [5, 5.41) is 0. The molecule has 2 aliphatic heterocycles. The van der Waals surface area contributed by atoms with Crippen LogP contribution < -0.4 is 0 Å². The van der Waals surface area contributed by atoms with Crippen molar-refractivity contribution in [1.82, 2.24) is 4.90 Å². The van der Waals surface area contributed by atoms with Gasteiger partial charge in [-0.3, -0.25) is 9.59 Å². The molecule has 0 aromatic heterocycles. The first-order chi connectivity index (χ1) is 11.5. The summed E-state index contributed by atoms with van der Waals surface area (Å²) in [5.74, 6) is -0.332. The van der Waals surface area contributed by atoms with Gasteiger partial charge in [0.15, 0.2) is 11.7 Å². The number of Topliss-reactive ketones (excluding diaryl/α,β-unsaturated/α-hetero) is 1. The van der Waals surface area contributed by atoms with Gasteiger partial charge in [-0.2, -0.15) is 9.48 Å². The molecular formula is C17H16N3O3S+. The first-order valence-corrected chi connectivity index (χ1v) is 8.36. The van der Waals surface area contributed by atoms with E-state index in [-0.39, 0.29) is 17.4 Å². The van der Waals surface area contributed by atoms with Crippen LogP contribution in [0.2, 0.25) is 0 Å². The molecule has 7 heteroatoms. The van der Waals surface area contributed by atoms with E-state index in [1.54, 1.807) is 31.5 Å². The van der Waals surface area contributed by atoms with Crippen molar-refractivity contribution in [3.8, 4) is 0 Å². The van der Waals surface area contributed by atoms with Crippen molar-refractivity contribution >= 4 is 41.5 Å². The minimum Gasteiger partial charge on any atom is -0.293 e. The van der Waals surface area contributed by atoms with Gasteiger partial charge >= 0.3 is 11.9 Å². The Labute approximate surface area is 143 Å². The first kappa shape index (κ1) is 16.3. The zero-order valence-electron chi connectivity index (χ0n) is 13.3. The topological polar surface area (TPSA) is 69.8 Å². The molecule has 0 saturated carbocycles. The van der Waals surface area contributed by atoms with E-state index in [2.05, 4.69) is 4.99 Å². The van der Waals surface area contributed by atoms with Crippen molar-refractivity contribution in [3.05, 3.63) is 46.9 Å². The molecule has 2 aliphatic rings. The van der Waals surface area contributed by atoms with Gasteiger partial charge in [-0.1, -0.05) is 30.3 Å². The fourth-order valence-electron chi connectivity index (χ4n) is 2.60. The average Bonchev–Trinajstić information content (AvgIpc) is 2.63. The lowest BCUT2D eigenvalue weighted by atomic mass is 10.0. The second-order valence-electron chi connectivity index (χ2n) is 5.46. The fraction of sp³-hybridized carbons (Fsp3) is 0.235. The largest absolute Gasteiger partial charge is 0.445 e. The highest BCUT2D eigenvalue weighted by Crippen LogP contribution is 2.31. The Morgan fingerprint density at radius 1 is 1.29 bits per heavy atom. The fourth-order valence-corrected chi connectivity index (χ4v) is 3.59. The molecule has 1 unspecified atom stereocenters. The van der Waals surface area contributed by atoms with Crippen molar-refractivity contribution in [2.24, 2.45) is 10.9 Å². The summed E-state index contributed by atoms with van der Waals surface area (Å²) in [6.45, 7) is 0. The minimum atomic E-state index is -0.628. The number of hydrogen-bond donors (Lipinski definition) is 0.